The van der Waals surface area contributed by atoms with Crippen LogP contribution in [0.3, 0.4) is 0 Å². The molecule has 0 fully saturated rings. The number of amides is 2. The van der Waals surface area contributed by atoms with Crippen LogP contribution in [0.25, 0.3) is 0 Å². The molecule has 0 saturated carbocycles. The summed E-state index contributed by atoms with van der Waals surface area (Å²) in [5.41, 5.74) is 0.707. The van der Waals surface area contributed by atoms with E-state index in [0.717, 1.165) is 0 Å². The summed E-state index contributed by atoms with van der Waals surface area (Å²) in [6.45, 7) is -0.886. The number of hydrogen-bond donors (Lipinski definition) is 4. The highest BCUT2D eigenvalue weighted by atomic mass is 32.2. The highest BCUT2D eigenvalue weighted by Gasteiger charge is 2.28. The van der Waals surface area contributed by atoms with Crippen molar-refractivity contribution in [3.05, 3.63) is 66.2 Å². The van der Waals surface area contributed by atoms with Gasteiger partial charge in [-0.05, 0) is 24.1 Å². The molecule has 0 saturated heterocycles. The first kappa shape index (κ1) is 24.8. The number of nitrogens with one attached hydrogen (secondary N) is 2. The molecule has 0 bridgehead atoms. The van der Waals surface area contributed by atoms with Gasteiger partial charge in [-0.15, -0.1) is 0 Å². The smallest absolute Gasteiger partial charge is 0.408 e. The maximum Gasteiger partial charge on any atom is 0.408 e. The van der Waals surface area contributed by atoms with Gasteiger partial charge >= 0.3 is 12.1 Å². The number of carbonyl (C=O) groups is 3. The number of carboxylic acid groups (broad SMARTS) is 1. The second kappa shape index (κ2) is 11.8. The SMILES string of the molecule is O=C(N[C@@H](CO)C(=O)N[C@@H](CCS(=O)(=O)c1ccccc1)C(=O)O)OCc1ccccc1. The van der Waals surface area contributed by atoms with Gasteiger partial charge in [0.05, 0.1) is 17.3 Å². The summed E-state index contributed by atoms with van der Waals surface area (Å²) in [6.07, 6.45) is -1.39. The third-order valence-corrected chi connectivity index (χ3v) is 6.16. The van der Waals surface area contributed by atoms with Crippen LogP contribution in [-0.4, -0.2) is 61.0 Å². The van der Waals surface area contributed by atoms with E-state index in [1.165, 1.54) is 24.3 Å². The minimum atomic E-state index is -3.76. The third-order valence-electron chi connectivity index (χ3n) is 4.40. The highest BCUT2D eigenvalue weighted by Crippen LogP contribution is 2.12. The Kier molecular flexibility index (Phi) is 9.17. The predicted octanol–water partition coefficient (Wildman–Crippen LogP) is 0.707. The van der Waals surface area contributed by atoms with E-state index in [-0.39, 0.29) is 11.5 Å². The molecular formula is C21H24N2O8S. The molecule has 0 aliphatic heterocycles. The van der Waals surface area contributed by atoms with Gasteiger partial charge in [0.25, 0.3) is 0 Å². The monoisotopic (exact) mass is 464 g/mol. The Balaban J connectivity index is 1.91. The van der Waals surface area contributed by atoms with E-state index in [1.54, 1.807) is 36.4 Å². The largest absolute Gasteiger partial charge is 0.480 e. The second-order valence-electron chi connectivity index (χ2n) is 6.76. The van der Waals surface area contributed by atoms with Crippen LogP contribution in [0, 0.1) is 0 Å². The molecule has 32 heavy (non-hydrogen) atoms. The zero-order chi connectivity index (χ0) is 23.6. The molecule has 10 nitrogen and oxygen atoms in total. The van der Waals surface area contributed by atoms with E-state index in [4.69, 9.17) is 4.74 Å². The molecule has 172 valence electrons. The number of aliphatic hydroxyl groups excluding tert-OH is 1. The third kappa shape index (κ3) is 7.67. The number of aliphatic hydroxyl groups is 1. The van der Waals surface area contributed by atoms with Crippen LogP contribution in [0.15, 0.2) is 65.6 Å². The molecule has 0 heterocycles. The van der Waals surface area contributed by atoms with Crippen LogP contribution in [0.1, 0.15) is 12.0 Å². The van der Waals surface area contributed by atoms with Crippen molar-refractivity contribution < 1.29 is 37.8 Å². The Morgan fingerprint density at radius 1 is 0.906 bits per heavy atom. The number of benzene rings is 2. The molecule has 2 rings (SSSR count). The zero-order valence-electron chi connectivity index (χ0n) is 17.0. The van der Waals surface area contributed by atoms with Gasteiger partial charge in [0.15, 0.2) is 9.84 Å². The average molecular weight is 464 g/mol. The number of ether oxygens (including phenoxy) is 1. The van der Waals surface area contributed by atoms with Gasteiger partial charge in [-0.3, -0.25) is 4.79 Å². The topological polar surface area (TPSA) is 159 Å². The number of hydrogen-bond acceptors (Lipinski definition) is 7. The van der Waals surface area contributed by atoms with Gasteiger partial charge in [0, 0.05) is 0 Å². The van der Waals surface area contributed by atoms with Gasteiger partial charge in [0.2, 0.25) is 5.91 Å². The Labute approximate surface area is 185 Å². The fourth-order valence-corrected chi connectivity index (χ4v) is 4.00. The minimum Gasteiger partial charge on any atom is -0.480 e. The average Bonchev–Trinajstić information content (AvgIpc) is 2.79. The number of sulfone groups is 1. The number of alkyl carbamates (subject to hydrolysis) is 1. The van der Waals surface area contributed by atoms with Crippen molar-refractivity contribution in [1.29, 1.82) is 0 Å². The quantitative estimate of drug-likeness (QED) is 0.378. The van der Waals surface area contributed by atoms with E-state index in [9.17, 15) is 33.0 Å². The lowest BCUT2D eigenvalue weighted by Crippen LogP contribution is -2.53. The van der Waals surface area contributed by atoms with Crippen molar-refractivity contribution in [2.45, 2.75) is 30.0 Å². The van der Waals surface area contributed by atoms with Crippen molar-refractivity contribution >= 4 is 27.8 Å². The lowest BCUT2D eigenvalue weighted by Gasteiger charge is -2.20. The molecule has 0 radical (unpaired) electrons. The maximum atomic E-state index is 12.4. The first-order chi connectivity index (χ1) is 15.2. The number of carboxylic acids is 1. The summed E-state index contributed by atoms with van der Waals surface area (Å²) in [4.78, 5) is 35.8. The molecular weight excluding hydrogens is 440 g/mol. The van der Waals surface area contributed by atoms with E-state index in [2.05, 4.69) is 10.6 Å². The summed E-state index contributed by atoms with van der Waals surface area (Å²) in [5, 5.41) is 23.0. The molecule has 2 aromatic carbocycles. The Bertz CT molecular complexity index is 1010. The molecule has 0 spiro atoms. The lowest BCUT2D eigenvalue weighted by atomic mass is 10.2. The molecule has 0 aliphatic carbocycles. The zero-order valence-corrected chi connectivity index (χ0v) is 17.8. The first-order valence-corrected chi connectivity index (χ1v) is 11.3. The van der Waals surface area contributed by atoms with E-state index >= 15 is 0 Å². The second-order valence-corrected chi connectivity index (χ2v) is 8.87. The van der Waals surface area contributed by atoms with Crippen molar-refractivity contribution in [3.8, 4) is 0 Å². The Morgan fingerprint density at radius 2 is 1.50 bits per heavy atom. The van der Waals surface area contributed by atoms with Crippen LogP contribution in [-0.2, 0) is 30.8 Å². The molecule has 0 aromatic heterocycles. The van der Waals surface area contributed by atoms with E-state index in [1.807, 2.05) is 0 Å². The van der Waals surface area contributed by atoms with Crippen LogP contribution in [0.5, 0.6) is 0 Å². The minimum absolute atomic E-state index is 0.0338. The fraction of sp³-hybridized carbons (Fsp3) is 0.286. The van der Waals surface area contributed by atoms with Crippen LogP contribution in [0.2, 0.25) is 0 Å². The molecule has 2 amide bonds. The van der Waals surface area contributed by atoms with Crippen LogP contribution in [0.4, 0.5) is 4.79 Å². The van der Waals surface area contributed by atoms with Gasteiger partial charge < -0.3 is 25.6 Å². The number of carbonyl (C=O) groups excluding carboxylic acids is 2. The van der Waals surface area contributed by atoms with Gasteiger partial charge in [-0.1, -0.05) is 48.5 Å². The van der Waals surface area contributed by atoms with Crippen molar-refractivity contribution in [2.24, 2.45) is 0 Å². The normalized spacial score (nSPS) is 12.9. The van der Waals surface area contributed by atoms with Crippen molar-refractivity contribution in [3.63, 3.8) is 0 Å². The van der Waals surface area contributed by atoms with E-state index < -0.39 is 58.7 Å². The maximum absolute atomic E-state index is 12.4. The Morgan fingerprint density at radius 3 is 2.06 bits per heavy atom. The van der Waals surface area contributed by atoms with Crippen molar-refractivity contribution in [2.75, 3.05) is 12.4 Å². The van der Waals surface area contributed by atoms with Crippen LogP contribution < -0.4 is 10.6 Å². The highest BCUT2D eigenvalue weighted by molar-refractivity contribution is 7.91. The summed E-state index contributed by atoms with van der Waals surface area (Å²) >= 11 is 0. The van der Waals surface area contributed by atoms with Crippen molar-refractivity contribution in [1.82, 2.24) is 10.6 Å². The summed E-state index contributed by atoms with van der Waals surface area (Å²) in [5.74, 6) is -2.97. The molecule has 0 aliphatic rings. The summed E-state index contributed by atoms with van der Waals surface area (Å²) in [6, 6.07) is 13.2. The first-order valence-electron chi connectivity index (χ1n) is 9.62. The predicted molar refractivity (Wildman–Crippen MR) is 113 cm³/mol. The number of aliphatic carboxylic acids is 1. The Hall–Kier alpha value is -3.44. The van der Waals surface area contributed by atoms with Gasteiger partial charge in [-0.2, -0.15) is 0 Å². The lowest BCUT2D eigenvalue weighted by molar-refractivity contribution is -0.142. The standard InChI is InChI=1S/C21H24N2O8S/c24-13-18(23-21(28)31-14-15-7-3-1-4-8-15)19(25)22-17(20(26)27)11-12-32(29,30)16-9-5-2-6-10-16/h1-10,17-18,24H,11-14H2,(H,22,25)(H,23,28)(H,26,27)/t17-,18-/m0/s1. The van der Waals surface area contributed by atoms with Gasteiger partial charge in [0.1, 0.15) is 18.7 Å². The molecule has 11 heteroatoms. The van der Waals surface area contributed by atoms with Crippen LogP contribution >= 0.6 is 0 Å². The molecule has 0 unspecified atom stereocenters. The number of rotatable bonds is 11. The summed E-state index contributed by atoms with van der Waals surface area (Å²) < 4.78 is 29.7. The summed E-state index contributed by atoms with van der Waals surface area (Å²) in [7, 11) is -3.76. The molecule has 2 aromatic rings. The molecule has 4 N–H and O–H groups in total. The van der Waals surface area contributed by atoms with Gasteiger partial charge in [-0.25, -0.2) is 18.0 Å². The van der Waals surface area contributed by atoms with E-state index in [0.29, 0.717) is 5.56 Å². The fourth-order valence-electron chi connectivity index (χ4n) is 2.65. The molecule has 2 atom stereocenters.